The molecule has 1 saturated heterocycles. The third-order valence-electron chi connectivity index (χ3n) is 3.54. The van der Waals surface area contributed by atoms with Gasteiger partial charge in [-0.2, -0.15) is 0 Å². The first-order valence-corrected chi connectivity index (χ1v) is 7.03. The standard InChI is InChI=1S/C17H19O2/c1-2-18-16-11-10-13-7-3-4-8-14(13)17(16)15-9-5-6-12-19-15/h3-4,7-8,10-11H,2,5-6,9,12H2,1H3. The first-order chi connectivity index (χ1) is 9.40. The van der Waals surface area contributed by atoms with E-state index in [4.69, 9.17) is 9.47 Å². The monoisotopic (exact) mass is 255 g/mol. The van der Waals surface area contributed by atoms with Crippen LogP contribution in [0.4, 0.5) is 0 Å². The van der Waals surface area contributed by atoms with Crippen molar-refractivity contribution in [1.82, 2.24) is 0 Å². The van der Waals surface area contributed by atoms with E-state index in [-0.39, 0.29) is 0 Å². The fourth-order valence-corrected chi connectivity index (χ4v) is 2.67. The van der Waals surface area contributed by atoms with Crippen molar-refractivity contribution >= 4 is 10.8 Å². The lowest BCUT2D eigenvalue weighted by Crippen LogP contribution is -2.14. The second-order valence-corrected chi connectivity index (χ2v) is 4.82. The molecule has 0 aromatic heterocycles. The van der Waals surface area contributed by atoms with Gasteiger partial charge in [0.15, 0.2) is 0 Å². The van der Waals surface area contributed by atoms with Crippen molar-refractivity contribution in [2.45, 2.75) is 26.2 Å². The Morgan fingerprint density at radius 2 is 2.00 bits per heavy atom. The Morgan fingerprint density at radius 1 is 1.11 bits per heavy atom. The maximum Gasteiger partial charge on any atom is 0.130 e. The number of ether oxygens (including phenoxy) is 2. The second-order valence-electron chi connectivity index (χ2n) is 4.82. The van der Waals surface area contributed by atoms with Crippen molar-refractivity contribution in [3.8, 4) is 5.75 Å². The van der Waals surface area contributed by atoms with Crippen LogP contribution in [0.15, 0.2) is 36.4 Å². The van der Waals surface area contributed by atoms with E-state index in [0.29, 0.717) is 6.61 Å². The molecule has 99 valence electrons. The van der Waals surface area contributed by atoms with Gasteiger partial charge in [-0.3, -0.25) is 0 Å². The van der Waals surface area contributed by atoms with Gasteiger partial charge in [-0.1, -0.05) is 30.3 Å². The highest BCUT2D eigenvalue weighted by Gasteiger charge is 2.23. The van der Waals surface area contributed by atoms with Gasteiger partial charge in [0, 0.05) is 12.2 Å². The van der Waals surface area contributed by atoms with E-state index in [1.807, 2.05) is 6.92 Å². The maximum atomic E-state index is 5.90. The Bertz CT molecular complexity index is 556. The van der Waals surface area contributed by atoms with Gasteiger partial charge < -0.3 is 9.47 Å². The molecule has 2 nitrogen and oxygen atoms in total. The fourth-order valence-electron chi connectivity index (χ4n) is 2.67. The van der Waals surface area contributed by atoms with Crippen LogP contribution in [0, 0.1) is 6.10 Å². The Labute approximate surface area is 114 Å². The third kappa shape index (κ3) is 2.45. The molecule has 0 amide bonds. The highest BCUT2D eigenvalue weighted by Crippen LogP contribution is 2.38. The molecule has 1 fully saturated rings. The first-order valence-electron chi connectivity index (χ1n) is 7.03. The minimum atomic E-state index is 0.679. The predicted octanol–water partition coefficient (Wildman–Crippen LogP) is 4.32. The van der Waals surface area contributed by atoms with Gasteiger partial charge in [0.1, 0.15) is 11.9 Å². The predicted molar refractivity (Wildman–Crippen MR) is 77.3 cm³/mol. The third-order valence-corrected chi connectivity index (χ3v) is 3.54. The zero-order valence-corrected chi connectivity index (χ0v) is 11.3. The number of hydrogen-bond acceptors (Lipinski definition) is 2. The second kappa shape index (κ2) is 5.62. The number of hydrogen-bond donors (Lipinski definition) is 0. The van der Waals surface area contributed by atoms with Gasteiger partial charge in [0.2, 0.25) is 0 Å². The molecule has 3 rings (SSSR count). The van der Waals surface area contributed by atoms with Crippen molar-refractivity contribution in [1.29, 1.82) is 0 Å². The first kappa shape index (κ1) is 12.5. The van der Waals surface area contributed by atoms with E-state index >= 15 is 0 Å². The molecule has 19 heavy (non-hydrogen) atoms. The molecular formula is C17H19O2. The van der Waals surface area contributed by atoms with Crippen LogP contribution in [0.25, 0.3) is 10.8 Å². The summed E-state index contributed by atoms with van der Waals surface area (Å²) in [6.45, 7) is 3.52. The Balaban J connectivity index is 2.13. The van der Waals surface area contributed by atoms with E-state index < -0.39 is 0 Å². The van der Waals surface area contributed by atoms with Crippen LogP contribution >= 0.6 is 0 Å². The summed E-state index contributed by atoms with van der Waals surface area (Å²) >= 11 is 0. The lowest BCUT2D eigenvalue weighted by Gasteiger charge is -2.25. The van der Waals surface area contributed by atoms with Gasteiger partial charge in [0.05, 0.1) is 6.61 Å². The van der Waals surface area contributed by atoms with Crippen molar-refractivity contribution in [2.24, 2.45) is 0 Å². The zero-order valence-electron chi connectivity index (χ0n) is 11.3. The van der Waals surface area contributed by atoms with Gasteiger partial charge in [-0.25, -0.2) is 0 Å². The molecule has 2 heteroatoms. The summed E-state index contributed by atoms with van der Waals surface area (Å²) in [7, 11) is 0. The zero-order chi connectivity index (χ0) is 13.1. The summed E-state index contributed by atoms with van der Waals surface area (Å²) in [5.41, 5.74) is 1.15. The maximum absolute atomic E-state index is 5.90. The summed E-state index contributed by atoms with van der Waals surface area (Å²) in [6.07, 6.45) is 4.45. The summed E-state index contributed by atoms with van der Waals surface area (Å²) in [6, 6.07) is 12.6. The average molecular weight is 255 g/mol. The van der Waals surface area contributed by atoms with Crippen LogP contribution in [-0.2, 0) is 4.74 Å². The van der Waals surface area contributed by atoms with E-state index in [2.05, 4.69) is 36.4 Å². The molecule has 0 aliphatic carbocycles. The van der Waals surface area contributed by atoms with Gasteiger partial charge >= 0.3 is 0 Å². The fraction of sp³-hybridized carbons (Fsp3) is 0.353. The summed E-state index contributed by atoms with van der Waals surface area (Å²) in [5, 5.41) is 2.47. The van der Waals surface area contributed by atoms with Crippen molar-refractivity contribution in [2.75, 3.05) is 13.2 Å². The highest BCUT2D eigenvalue weighted by atomic mass is 16.5. The average Bonchev–Trinajstić information content (AvgIpc) is 2.48. The molecule has 0 unspecified atom stereocenters. The molecule has 1 aliphatic rings. The molecule has 1 aliphatic heterocycles. The molecule has 2 aromatic rings. The topological polar surface area (TPSA) is 18.5 Å². The largest absolute Gasteiger partial charge is 0.493 e. The van der Waals surface area contributed by atoms with Crippen LogP contribution in [0.1, 0.15) is 31.7 Å². The number of fused-ring (bicyclic) bond motifs is 1. The molecule has 0 atom stereocenters. The molecule has 0 spiro atoms. The molecule has 0 saturated carbocycles. The van der Waals surface area contributed by atoms with Gasteiger partial charge in [0.25, 0.3) is 0 Å². The lowest BCUT2D eigenvalue weighted by atomic mass is 9.95. The van der Waals surface area contributed by atoms with Crippen molar-refractivity contribution < 1.29 is 9.47 Å². The summed E-state index contributed by atoms with van der Waals surface area (Å²) < 4.78 is 11.7. The smallest absolute Gasteiger partial charge is 0.130 e. The molecule has 1 heterocycles. The van der Waals surface area contributed by atoms with E-state index in [1.54, 1.807) is 0 Å². The highest BCUT2D eigenvalue weighted by molar-refractivity contribution is 5.89. The normalized spacial score (nSPS) is 16.7. The lowest BCUT2D eigenvalue weighted by molar-refractivity contribution is 0.116. The van der Waals surface area contributed by atoms with E-state index in [1.165, 1.54) is 17.2 Å². The Morgan fingerprint density at radius 3 is 2.79 bits per heavy atom. The molecule has 0 N–H and O–H groups in total. The molecular weight excluding hydrogens is 236 g/mol. The number of benzene rings is 2. The Hall–Kier alpha value is -1.54. The van der Waals surface area contributed by atoms with E-state index in [0.717, 1.165) is 36.9 Å². The van der Waals surface area contributed by atoms with Crippen molar-refractivity contribution in [3.05, 3.63) is 48.1 Å². The van der Waals surface area contributed by atoms with Crippen LogP contribution in [0.5, 0.6) is 5.75 Å². The van der Waals surface area contributed by atoms with Crippen LogP contribution in [0.2, 0.25) is 0 Å². The minimum absolute atomic E-state index is 0.679. The molecule has 0 bridgehead atoms. The SMILES string of the molecule is CCOc1ccc2ccccc2c1[C]1CCCCO1. The summed E-state index contributed by atoms with van der Waals surface area (Å²) in [5.74, 6) is 0.943. The quantitative estimate of drug-likeness (QED) is 0.813. The molecule has 1 radical (unpaired) electrons. The van der Waals surface area contributed by atoms with Crippen molar-refractivity contribution in [3.63, 3.8) is 0 Å². The van der Waals surface area contributed by atoms with E-state index in [9.17, 15) is 0 Å². The van der Waals surface area contributed by atoms with Gasteiger partial charge in [-0.15, -0.1) is 0 Å². The van der Waals surface area contributed by atoms with Crippen LogP contribution in [-0.4, -0.2) is 13.2 Å². The molecule has 2 aromatic carbocycles. The minimum Gasteiger partial charge on any atom is -0.493 e. The van der Waals surface area contributed by atoms with Crippen LogP contribution in [0.3, 0.4) is 0 Å². The number of rotatable bonds is 3. The summed E-state index contributed by atoms with van der Waals surface area (Å²) in [4.78, 5) is 0. The van der Waals surface area contributed by atoms with Crippen LogP contribution < -0.4 is 4.74 Å². The Kier molecular flexibility index (Phi) is 3.69. The van der Waals surface area contributed by atoms with Gasteiger partial charge in [-0.05, 0) is 43.0 Å².